The highest BCUT2D eigenvalue weighted by atomic mass is 16.5. The van der Waals surface area contributed by atoms with Gasteiger partial charge in [0.1, 0.15) is 6.04 Å². The van der Waals surface area contributed by atoms with Crippen molar-refractivity contribution in [2.75, 3.05) is 6.61 Å². The van der Waals surface area contributed by atoms with E-state index in [9.17, 15) is 9.59 Å². The summed E-state index contributed by atoms with van der Waals surface area (Å²) >= 11 is 0. The highest BCUT2D eigenvalue weighted by Gasteiger charge is 2.15. The Hall–Kier alpha value is -1.10. The molecule has 0 spiro atoms. The lowest BCUT2D eigenvalue weighted by Gasteiger charge is -2.10. The van der Waals surface area contributed by atoms with Gasteiger partial charge in [0.15, 0.2) is 0 Å². The van der Waals surface area contributed by atoms with E-state index >= 15 is 0 Å². The standard InChI is InChI=1S/C21H42N2O3/c1-2-3-4-5-6-7-8-9-10-11-12-13-14-15-18-26-21(25)19(22)16-17-20(23)24/h19H,2-18,22H2,1H3,(H2,23,24)/t19-/m0/s1. The number of hydrogen-bond acceptors (Lipinski definition) is 4. The van der Waals surface area contributed by atoms with Crippen LogP contribution in [-0.4, -0.2) is 24.5 Å². The number of primary amides is 1. The number of carbonyl (C=O) groups excluding carboxylic acids is 2. The van der Waals surface area contributed by atoms with Gasteiger partial charge in [0.05, 0.1) is 6.61 Å². The van der Waals surface area contributed by atoms with Gasteiger partial charge in [-0.25, -0.2) is 0 Å². The van der Waals surface area contributed by atoms with Gasteiger partial charge in [0.25, 0.3) is 0 Å². The lowest BCUT2D eigenvalue weighted by atomic mass is 10.0. The second kappa shape index (κ2) is 18.7. The van der Waals surface area contributed by atoms with Crippen molar-refractivity contribution in [1.29, 1.82) is 0 Å². The summed E-state index contributed by atoms with van der Waals surface area (Å²) in [5.74, 6) is -0.874. The molecule has 0 saturated heterocycles. The van der Waals surface area contributed by atoms with Crippen molar-refractivity contribution in [3.63, 3.8) is 0 Å². The maximum absolute atomic E-state index is 11.6. The summed E-state index contributed by atoms with van der Waals surface area (Å²) < 4.78 is 5.13. The lowest BCUT2D eigenvalue weighted by molar-refractivity contribution is -0.145. The van der Waals surface area contributed by atoms with E-state index in [1.165, 1.54) is 77.0 Å². The van der Waals surface area contributed by atoms with Gasteiger partial charge in [-0.05, 0) is 12.8 Å². The number of amides is 1. The number of unbranched alkanes of at least 4 members (excludes halogenated alkanes) is 13. The molecule has 0 heterocycles. The summed E-state index contributed by atoms with van der Waals surface area (Å²) in [6, 6.07) is -0.742. The molecule has 1 amide bonds. The van der Waals surface area contributed by atoms with Gasteiger partial charge < -0.3 is 16.2 Å². The van der Waals surface area contributed by atoms with Gasteiger partial charge in [0.2, 0.25) is 5.91 Å². The Labute approximate surface area is 160 Å². The predicted molar refractivity (Wildman–Crippen MR) is 108 cm³/mol. The van der Waals surface area contributed by atoms with Crippen LogP contribution in [-0.2, 0) is 14.3 Å². The average Bonchev–Trinajstić information content (AvgIpc) is 2.62. The number of carbonyl (C=O) groups is 2. The lowest BCUT2D eigenvalue weighted by Crippen LogP contribution is -2.33. The zero-order valence-corrected chi connectivity index (χ0v) is 17.0. The molecular weight excluding hydrogens is 328 g/mol. The van der Waals surface area contributed by atoms with Crippen molar-refractivity contribution in [2.24, 2.45) is 11.5 Å². The van der Waals surface area contributed by atoms with Crippen molar-refractivity contribution in [1.82, 2.24) is 0 Å². The van der Waals surface area contributed by atoms with Gasteiger partial charge in [-0.2, -0.15) is 0 Å². The molecule has 1 atom stereocenters. The molecule has 0 aromatic heterocycles. The minimum absolute atomic E-state index is 0.120. The first-order valence-electron chi connectivity index (χ1n) is 10.8. The maximum atomic E-state index is 11.6. The normalized spacial score (nSPS) is 12.1. The molecule has 4 N–H and O–H groups in total. The third-order valence-corrected chi connectivity index (χ3v) is 4.75. The largest absolute Gasteiger partial charge is 0.465 e. The summed E-state index contributed by atoms with van der Waals surface area (Å²) in [7, 11) is 0. The first-order chi connectivity index (χ1) is 12.6. The Balaban J connectivity index is 3.24. The zero-order chi connectivity index (χ0) is 19.5. The topological polar surface area (TPSA) is 95.4 Å². The van der Waals surface area contributed by atoms with E-state index in [1.807, 2.05) is 0 Å². The van der Waals surface area contributed by atoms with E-state index in [4.69, 9.17) is 16.2 Å². The maximum Gasteiger partial charge on any atom is 0.322 e. The fourth-order valence-corrected chi connectivity index (χ4v) is 2.99. The van der Waals surface area contributed by atoms with E-state index in [2.05, 4.69) is 6.92 Å². The van der Waals surface area contributed by atoms with Crippen LogP contribution < -0.4 is 11.5 Å². The van der Waals surface area contributed by atoms with Crippen molar-refractivity contribution >= 4 is 11.9 Å². The van der Waals surface area contributed by atoms with Crippen LogP contribution in [0.4, 0.5) is 0 Å². The van der Waals surface area contributed by atoms with Crippen molar-refractivity contribution in [3.8, 4) is 0 Å². The van der Waals surface area contributed by atoms with Crippen LogP contribution >= 0.6 is 0 Å². The van der Waals surface area contributed by atoms with Crippen LogP contribution in [0.25, 0.3) is 0 Å². The molecule has 5 heteroatoms. The number of esters is 1. The molecular formula is C21H42N2O3. The van der Waals surface area contributed by atoms with Crippen molar-refractivity contribution in [2.45, 2.75) is 116 Å². The highest BCUT2D eigenvalue weighted by molar-refractivity contribution is 5.78. The summed E-state index contributed by atoms with van der Waals surface area (Å²) in [5, 5.41) is 0. The Morgan fingerprint density at radius 2 is 1.19 bits per heavy atom. The summed E-state index contributed by atoms with van der Waals surface area (Å²) in [6.45, 7) is 2.68. The van der Waals surface area contributed by atoms with E-state index in [0.717, 1.165) is 12.8 Å². The molecule has 5 nitrogen and oxygen atoms in total. The minimum atomic E-state index is -0.742. The molecule has 26 heavy (non-hydrogen) atoms. The second-order valence-corrected chi connectivity index (χ2v) is 7.38. The third kappa shape index (κ3) is 17.7. The van der Waals surface area contributed by atoms with Gasteiger partial charge in [-0.1, -0.05) is 90.4 Å². The SMILES string of the molecule is CCCCCCCCCCCCCCCCOC(=O)[C@@H](N)CCC(N)=O. The van der Waals surface area contributed by atoms with E-state index in [0.29, 0.717) is 6.61 Å². The molecule has 0 aliphatic carbocycles. The molecule has 0 rings (SSSR count). The highest BCUT2D eigenvalue weighted by Crippen LogP contribution is 2.13. The monoisotopic (exact) mass is 370 g/mol. The molecule has 0 radical (unpaired) electrons. The van der Waals surface area contributed by atoms with Crippen LogP contribution in [0, 0.1) is 0 Å². The quantitative estimate of drug-likeness (QED) is 0.256. The zero-order valence-electron chi connectivity index (χ0n) is 17.0. The Kier molecular flexibility index (Phi) is 17.9. The van der Waals surface area contributed by atoms with Crippen LogP contribution in [0.1, 0.15) is 110 Å². The van der Waals surface area contributed by atoms with Gasteiger partial charge in [0, 0.05) is 6.42 Å². The van der Waals surface area contributed by atoms with E-state index in [-0.39, 0.29) is 12.8 Å². The molecule has 154 valence electrons. The Bertz CT molecular complexity index is 348. The van der Waals surface area contributed by atoms with Gasteiger partial charge in [-0.3, -0.25) is 9.59 Å². The average molecular weight is 371 g/mol. The molecule has 0 bridgehead atoms. The summed E-state index contributed by atoms with van der Waals surface area (Å²) in [5.41, 5.74) is 10.7. The molecule has 0 aromatic rings. The molecule has 0 saturated carbocycles. The summed E-state index contributed by atoms with van der Waals surface area (Å²) in [4.78, 5) is 22.2. The fraction of sp³-hybridized carbons (Fsp3) is 0.905. The van der Waals surface area contributed by atoms with Crippen LogP contribution in [0.2, 0.25) is 0 Å². The molecule has 0 aliphatic heterocycles. The first-order valence-corrected chi connectivity index (χ1v) is 10.8. The van der Waals surface area contributed by atoms with Crippen LogP contribution in [0.5, 0.6) is 0 Å². The van der Waals surface area contributed by atoms with Gasteiger partial charge >= 0.3 is 5.97 Å². The third-order valence-electron chi connectivity index (χ3n) is 4.75. The molecule has 0 aliphatic rings. The predicted octanol–water partition coefficient (Wildman–Crippen LogP) is 4.60. The van der Waals surface area contributed by atoms with Crippen molar-refractivity contribution < 1.29 is 14.3 Å². The Morgan fingerprint density at radius 3 is 1.62 bits per heavy atom. The number of nitrogens with two attached hydrogens (primary N) is 2. The molecule has 0 aromatic carbocycles. The number of ether oxygens (including phenoxy) is 1. The second-order valence-electron chi connectivity index (χ2n) is 7.38. The number of rotatable bonds is 19. The van der Waals surface area contributed by atoms with Crippen LogP contribution in [0.3, 0.4) is 0 Å². The summed E-state index contributed by atoms with van der Waals surface area (Å²) in [6.07, 6.45) is 18.6. The van der Waals surface area contributed by atoms with Crippen molar-refractivity contribution in [3.05, 3.63) is 0 Å². The van der Waals surface area contributed by atoms with E-state index in [1.54, 1.807) is 0 Å². The fourth-order valence-electron chi connectivity index (χ4n) is 2.99. The number of hydrogen-bond donors (Lipinski definition) is 2. The van der Waals surface area contributed by atoms with Crippen LogP contribution in [0.15, 0.2) is 0 Å². The van der Waals surface area contributed by atoms with E-state index < -0.39 is 17.9 Å². The minimum Gasteiger partial charge on any atom is -0.465 e. The molecule has 0 unspecified atom stereocenters. The first kappa shape index (κ1) is 24.9. The Morgan fingerprint density at radius 1 is 0.769 bits per heavy atom. The molecule has 0 fully saturated rings. The van der Waals surface area contributed by atoms with Gasteiger partial charge in [-0.15, -0.1) is 0 Å². The smallest absolute Gasteiger partial charge is 0.322 e.